The van der Waals surface area contributed by atoms with Crippen LogP contribution in [0, 0.1) is 6.92 Å². The first-order valence-electron chi connectivity index (χ1n) is 12.5. The molecule has 204 valence electrons. The molecule has 5 rings (SSSR count). The van der Waals surface area contributed by atoms with E-state index < -0.39 is 19.2 Å². The second-order valence-corrected chi connectivity index (χ2v) is 9.36. The van der Waals surface area contributed by atoms with Gasteiger partial charge >= 0.3 is 6.18 Å². The summed E-state index contributed by atoms with van der Waals surface area (Å²) in [7, 11) is 0. The van der Waals surface area contributed by atoms with Crippen molar-refractivity contribution in [2.24, 2.45) is 0 Å². The fraction of sp³-hybridized carbons (Fsp3) is 0.321. The second kappa shape index (κ2) is 10.9. The van der Waals surface area contributed by atoms with Crippen LogP contribution in [0.5, 0.6) is 5.75 Å². The van der Waals surface area contributed by atoms with E-state index in [1.807, 2.05) is 24.0 Å². The highest BCUT2D eigenvalue weighted by atomic mass is 19.4. The summed E-state index contributed by atoms with van der Waals surface area (Å²) in [6.07, 6.45) is -5.45. The highest BCUT2D eigenvalue weighted by Crippen LogP contribution is 2.29. The van der Waals surface area contributed by atoms with Crippen molar-refractivity contribution < 1.29 is 32.2 Å². The molecule has 2 aromatic carbocycles. The van der Waals surface area contributed by atoms with E-state index in [0.29, 0.717) is 54.6 Å². The molecule has 39 heavy (non-hydrogen) atoms. The number of amides is 1. The molecule has 4 aromatic rings. The van der Waals surface area contributed by atoms with Crippen LogP contribution in [0.25, 0.3) is 22.4 Å². The molecule has 0 saturated carbocycles. The lowest BCUT2D eigenvalue weighted by molar-refractivity contribution is -0.139. The molecule has 0 unspecified atom stereocenters. The first-order chi connectivity index (χ1) is 18.7. The standard InChI is InChI=1S/C28H27F3N4O4/c1-18-2-7-24-25(32-18)33-27(39-24)35-11-9-34(10-12-35)26(37)22-14-21(20-5-3-19(17-36)4-6-20)15-23(16-22)38-13-8-28(29,30)31/h2-7,14-16,36H,8-13,17H2,1H3. The van der Waals surface area contributed by atoms with Crippen LogP contribution in [0.15, 0.2) is 59.0 Å². The first-order valence-corrected chi connectivity index (χ1v) is 12.5. The number of piperazine rings is 1. The number of alkyl halides is 3. The Kier molecular flexibility index (Phi) is 7.42. The fourth-order valence-electron chi connectivity index (χ4n) is 4.38. The van der Waals surface area contributed by atoms with Crippen molar-refractivity contribution in [3.8, 4) is 16.9 Å². The van der Waals surface area contributed by atoms with Gasteiger partial charge in [0.25, 0.3) is 11.9 Å². The Morgan fingerprint density at radius 3 is 2.44 bits per heavy atom. The van der Waals surface area contributed by atoms with Gasteiger partial charge in [0, 0.05) is 37.4 Å². The lowest BCUT2D eigenvalue weighted by Gasteiger charge is -2.34. The Hall–Kier alpha value is -4.12. The fourth-order valence-corrected chi connectivity index (χ4v) is 4.38. The molecule has 1 N–H and O–H groups in total. The van der Waals surface area contributed by atoms with Gasteiger partial charge in [-0.25, -0.2) is 4.98 Å². The van der Waals surface area contributed by atoms with Crippen LogP contribution in [-0.4, -0.2) is 64.8 Å². The van der Waals surface area contributed by atoms with Gasteiger partial charge in [-0.3, -0.25) is 4.79 Å². The van der Waals surface area contributed by atoms with Crippen molar-refractivity contribution >= 4 is 23.2 Å². The van der Waals surface area contributed by atoms with Crippen molar-refractivity contribution in [2.75, 3.05) is 37.7 Å². The van der Waals surface area contributed by atoms with Crippen LogP contribution in [0.2, 0.25) is 0 Å². The number of nitrogens with zero attached hydrogens (tertiary/aromatic N) is 4. The lowest BCUT2D eigenvalue weighted by atomic mass is 10.0. The van der Waals surface area contributed by atoms with E-state index in [1.54, 1.807) is 41.3 Å². The smallest absolute Gasteiger partial charge is 0.392 e. The minimum atomic E-state index is -4.35. The molecule has 1 aliphatic rings. The number of ether oxygens (including phenoxy) is 1. The number of pyridine rings is 1. The van der Waals surface area contributed by atoms with Crippen molar-refractivity contribution in [1.29, 1.82) is 0 Å². The Bertz CT molecular complexity index is 1460. The monoisotopic (exact) mass is 540 g/mol. The molecule has 1 aliphatic heterocycles. The summed E-state index contributed by atoms with van der Waals surface area (Å²) < 4.78 is 49.3. The Balaban J connectivity index is 1.33. The molecular weight excluding hydrogens is 513 g/mol. The van der Waals surface area contributed by atoms with Crippen LogP contribution < -0.4 is 9.64 Å². The van der Waals surface area contributed by atoms with E-state index in [1.165, 1.54) is 6.07 Å². The number of carbonyl (C=O) groups excluding carboxylic acids is 1. The summed E-state index contributed by atoms with van der Waals surface area (Å²) in [5, 5.41) is 9.33. The highest BCUT2D eigenvalue weighted by molar-refractivity contribution is 5.96. The number of benzene rings is 2. The third-order valence-corrected chi connectivity index (χ3v) is 6.50. The molecule has 2 aromatic heterocycles. The number of halogens is 3. The van der Waals surface area contributed by atoms with Crippen molar-refractivity contribution in [3.05, 3.63) is 71.4 Å². The number of aliphatic hydroxyl groups excluding tert-OH is 1. The number of aliphatic hydroxyl groups is 1. The van der Waals surface area contributed by atoms with Gasteiger partial charge in [-0.1, -0.05) is 24.3 Å². The van der Waals surface area contributed by atoms with Gasteiger partial charge in [-0.2, -0.15) is 18.2 Å². The van der Waals surface area contributed by atoms with Gasteiger partial charge in [0.15, 0.2) is 5.58 Å². The number of anilines is 1. The Morgan fingerprint density at radius 1 is 1.00 bits per heavy atom. The third-order valence-electron chi connectivity index (χ3n) is 6.50. The number of oxazole rings is 1. The van der Waals surface area contributed by atoms with E-state index in [0.717, 1.165) is 16.8 Å². The van der Waals surface area contributed by atoms with E-state index in [9.17, 15) is 23.1 Å². The molecule has 0 spiro atoms. The van der Waals surface area contributed by atoms with Gasteiger partial charge in [0.2, 0.25) is 5.65 Å². The van der Waals surface area contributed by atoms with Crippen molar-refractivity contribution in [1.82, 2.24) is 14.9 Å². The molecule has 0 aliphatic carbocycles. The van der Waals surface area contributed by atoms with Crippen LogP contribution in [0.4, 0.5) is 19.2 Å². The summed E-state index contributed by atoms with van der Waals surface area (Å²) >= 11 is 0. The molecule has 1 amide bonds. The summed E-state index contributed by atoms with van der Waals surface area (Å²) in [4.78, 5) is 26.0. The summed E-state index contributed by atoms with van der Waals surface area (Å²) in [6, 6.07) is 16.0. The minimum absolute atomic E-state index is 0.115. The Labute approximate surface area is 222 Å². The number of hydrogen-bond donors (Lipinski definition) is 1. The molecule has 0 atom stereocenters. The molecule has 0 bridgehead atoms. The molecular formula is C28H27F3N4O4. The van der Waals surface area contributed by atoms with Crippen LogP contribution >= 0.6 is 0 Å². The van der Waals surface area contributed by atoms with Gasteiger partial charge < -0.3 is 24.1 Å². The van der Waals surface area contributed by atoms with E-state index in [4.69, 9.17) is 9.15 Å². The zero-order chi connectivity index (χ0) is 27.6. The lowest BCUT2D eigenvalue weighted by Crippen LogP contribution is -2.48. The van der Waals surface area contributed by atoms with E-state index in [2.05, 4.69) is 9.97 Å². The molecule has 11 heteroatoms. The van der Waals surface area contributed by atoms with Crippen LogP contribution in [0.3, 0.4) is 0 Å². The summed E-state index contributed by atoms with van der Waals surface area (Å²) in [5.74, 6) is -0.0711. The third kappa shape index (κ3) is 6.31. The van der Waals surface area contributed by atoms with Crippen LogP contribution in [-0.2, 0) is 6.61 Å². The van der Waals surface area contributed by atoms with Gasteiger partial charge in [0.1, 0.15) is 5.75 Å². The number of carbonyl (C=O) groups is 1. The number of rotatable bonds is 7. The normalized spacial score (nSPS) is 14.2. The second-order valence-electron chi connectivity index (χ2n) is 9.36. The quantitative estimate of drug-likeness (QED) is 0.353. The maximum atomic E-state index is 13.5. The SMILES string of the molecule is Cc1ccc2oc(N3CCN(C(=O)c4cc(OCCC(F)(F)F)cc(-c5ccc(CO)cc5)c4)CC3)nc2n1. The van der Waals surface area contributed by atoms with E-state index >= 15 is 0 Å². The maximum Gasteiger partial charge on any atom is 0.392 e. The summed E-state index contributed by atoms with van der Waals surface area (Å²) in [5.41, 5.74) is 4.37. The topological polar surface area (TPSA) is 91.9 Å². The molecule has 1 fully saturated rings. The minimum Gasteiger partial charge on any atom is -0.493 e. The van der Waals surface area contributed by atoms with Gasteiger partial charge in [0.05, 0.1) is 19.6 Å². The number of aromatic nitrogens is 2. The number of hydrogen-bond acceptors (Lipinski definition) is 7. The molecule has 1 saturated heterocycles. The predicted molar refractivity (Wildman–Crippen MR) is 139 cm³/mol. The zero-order valence-corrected chi connectivity index (χ0v) is 21.2. The average Bonchev–Trinajstić information content (AvgIpc) is 3.35. The van der Waals surface area contributed by atoms with Crippen LogP contribution in [0.1, 0.15) is 28.0 Å². The predicted octanol–water partition coefficient (Wildman–Crippen LogP) is 4.98. The number of aryl methyl sites for hydroxylation is 1. The molecule has 3 heterocycles. The van der Waals surface area contributed by atoms with Gasteiger partial charge in [-0.15, -0.1) is 0 Å². The van der Waals surface area contributed by atoms with E-state index in [-0.39, 0.29) is 18.3 Å². The van der Waals surface area contributed by atoms with Crippen molar-refractivity contribution in [3.63, 3.8) is 0 Å². The maximum absolute atomic E-state index is 13.5. The first kappa shape index (κ1) is 26.5. The largest absolute Gasteiger partial charge is 0.493 e. The summed E-state index contributed by atoms with van der Waals surface area (Å²) in [6.45, 7) is 3.01. The van der Waals surface area contributed by atoms with Crippen molar-refractivity contribution in [2.45, 2.75) is 26.1 Å². The average molecular weight is 541 g/mol. The van der Waals surface area contributed by atoms with Gasteiger partial charge in [-0.05, 0) is 53.9 Å². The highest BCUT2D eigenvalue weighted by Gasteiger charge is 2.28. The molecule has 8 nitrogen and oxygen atoms in total. The Morgan fingerprint density at radius 2 is 1.74 bits per heavy atom. The zero-order valence-electron chi connectivity index (χ0n) is 21.2. The molecule has 0 radical (unpaired) electrons. The number of fused-ring (bicyclic) bond motifs is 1.